The van der Waals surface area contributed by atoms with Crippen LogP contribution < -0.4 is 0 Å². The highest BCUT2D eigenvalue weighted by Gasteiger charge is 2.57. The molecule has 1 aromatic rings. The van der Waals surface area contributed by atoms with Gasteiger partial charge in [-0.05, 0) is 5.56 Å². The van der Waals surface area contributed by atoms with Crippen molar-refractivity contribution in [2.75, 3.05) is 13.2 Å². The molecule has 0 spiro atoms. The Kier molecular flexibility index (Phi) is 15.3. The molecule has 1 aromatic carbocycles. The van der Waals surface area contributed by atoms with Gasteiger partial charge in [0.05, 0.1) is 6.61 Å². The molecule has 51 heavy (non-hydrogen) atoms. The van der Waals surface area contributed by atoms with Crippen LogP contribution >= 0.6 is 0 Å². The van der Waals surface area contributed by atoms with Crippen LogP contribution in [0.15, 0.2) is 30.3 Å². The van der Waals surface area contributed by atoms with E-state index in [9.17, 15) is 33.6 Å². The van der Waals surface area contributed by atoms with Gasteiger partial charge in [0.2, 0.25) is 6.29 Å². The van der Waals surface area contributed by atoms with E-state index in [1.54, 1.807) is 30.3 Å². The lowest BCUT2D eigenvalue weighted by molar-refractivity contribution is -0.366. The lowest BCUT2D eigenvalue weighted by Gasteiger charge is -2.48. The van der Waals surface area contributed by atoms with Crippen molar-refractivity contribution in [1.82, 2.24) is 0 Å². The summed E-state index contributed by atoms with van der Waals surface area (Å²) in [4.78, 5) is 85.3. The molecule has 0 saturated carbocycles. The van der Waals surface area contributed by atoms with Gasteiger partial charge in [0.25, 0.3) is 0 Å². The Bertz CT molecular complexity index is 1400. The van der Waals surface area contributed by atoms with E-state index in [0.29, 0.717) is 5.56 Å². The molecular formula is C33H42O18. The first-order valence-electron chi connectivity index (χ1n) is 15.8. The van der Waals surface area contributed by atoms with Crippen LogP contribution in [0.3, 0.4) is 0 Å². The standard InChI is InChI=1S/C33H42O18/c1-16(34)41-14-24-26(44-18(3)36)28(43-13-23-11-9-8-10-12-23)30(47-21(6)39)33(50-24)51-31-29(46-20(5)38)27(45-19(4)37)25(15-42-17(2)35)49-32(31)48-22(7)40/h8-12,24-33H,13-15H2,1-7H3/t24-,25+,26-,27-,28+,29+,30+,31+,32+,33-/m1/s1. The highest BCUT2D eigenvalue weighted by atomic mass is 16.8. The molecule has 2 heterocycles. The predicted molar refractivity (Wildman–Crippen MR) is 164 cm³/mol. The van der Waals surface area contributed by atoms with E-state index in [2.05, 4.69) is 0 Å². The van der Waals surface area contributed by atoms with Gasteiger partial charge in [0.1, 0.15) is 31.5 Å². The summed E-state index contributed by atoms with van der Waals surface area (Å²) in [6.45, 7) is 6.47. The monoisotopic (exact) mass is 726 g/mol. The first kappa shape index (κ1) is 40.8. The Balaban J connectivity index is 2.15. The molecular weight excluding hydrogens is 684 g/mol. The van der Waals surface area contributed by atoms with Crippen LogP contribution in [0.5, 0.6) is 0 Å². The molecule has 3 rings (SSSR count). The molecule has 0 radical (unpaired) electrons. The summed E-state index contributed by atoms with van der Waals surface area (Å²) >= 11 is 0. The molecule has 2 saturated heterocycles. The van der Waals surface area contributed by atoms with Crippen molar-refractivity contribution >= 4 is 41.8 Å². The molecule has 0 amide bonds. The third kappa shape index (κ3) is 12.6. The van der Waals surface area contributed by atoms with Crippen LogP contribution in [0.25, 0.3) is 0 Å². The molecule has 282 valence electrons. The zero-order valence-corrected chi connectivity index (χ0v) is 29.1. The summed E-state index contributed by atoms with van der Waals surface area (Å²) in [5.41, 5.74) is 0.676. The van der Waals surface area contributed by atoms with Crippen molar-refractivity contribution in [2.24, 2.45) is 0 Å². The summed E-state index contributed by atoms with van der Waals surface area (Å²) < 4.78 is 62.4. The average Bonchev–Trinajstić information content (AvgIpc) is 3.02. The zero-order chi connectivity index (χ0) is 37.8. The van der Waals surface area contributed by atoms with Crippen molar-refractivity contribution in [3.63, 3.8) is 0 Å². The number of rotatable bonds is 14. The van der Waals surface area contributed by atoms with Gasteiger partial charge >= 0.3 is 41.8 Å². The summed E-state index contributed by atoms with van der Waals surface area (Å²) in [5, 5.41) is 0. The molecule has 2 fully saturated rings. The second-order valence-corrected chi connectivity index (χ2v) is 11.5. The molecule has 0 aromatic heterocycles. The zero-order valence-electron chi connectivity index (χ0n) is 29.1. The van der Waals surface area contributed by atoms with E-state index < -0.39 is 116 Å². The van der Waals surface area contributed by atoms with Gasteiger partial charge in [-0.25, -0.2) is 0 Å². The quantitative estimate of drug-likeness (QED) is 0.191. The minimum absolute atomic E-state index is 0.0981. The first-order valence-corrected chi connectivity index (χ1v) is 15.8. The summed E-state index contributed by atoms with van der Waals surface area (Å²) in [7, 11) is 0. The number of esters is 7. The van der Waals surface area contributed by atoms with Crippen molar-refractivity contribution in [3.05, 3.63) is 35.9 Å². The highest BCUT2D eigenvalue weighted by Crippen LogP contribution is 2.36. The molecule has 18 nitrogen and oxygen atoms in total. The number of carbonyl (C=O) groups is 7. The van der Waals surface area contributed by atoms with Crippen LogP contribution in [-0.4, -0.2) is 116 Å². The van der Waals surface area contributed by atoms with Gasteiger partial charge in [-0.15, -0.1) is 0 Å². The Labute approximate surface area is 293 Å². The van der Waals surface area contributed by atoms with Crippen molar-refractivity contribution in [3.8, 4) is 0 Å². The van der Waals surface area contributed by atoms with E-state index in [4.69, 9.17) is 52.1 Å². The van der Waals surface area contributed by atoms with Gasteiger partial charge in [-0.3, -0.25) is 33.6 Å². The smallest absolute Gasteiger partial charge is 0.305 e. The molecule has 18 heteroatoms. The summed E-state index contributed by atoms with van der Waals surface area (Å²) in [6, 6.07) is 8.80. The third-order valence-electron chi connectivity index (χ3n) is 7.15. The minimum Gasteiger partial charge on any atom is -0.463 e. The van der Waals surface area contributed by atoms with Crippen LogP contribution in [0.2, 0.25) is 0 Å². The lowest BCUT2D eigenvalue weighted by atomic mass is 9.96. The Morgan fingerprint density at radius 2 is 0.922 bits per heavy atom. The number of hydrogen-bond acceptors (Lipinski definition) is 18. The second kappa shape index (κ2) is 19.1. The maximum atomic E-state index is 12.5. The number of hydrogen-bond donors (Lipinski definition) is 0. The molecule has 2 aliphatic rings. The average molecular weight is 727 g/mol. The predicted octanol–water partition coefficient (Wildman–Crippen LogP) is 0.823. The van der Waals surface area contributed by atoms with E-state index in [-0.39, 0.29) is 6.61 Å². The normalized spacial score (nSPS) is 28.7. The molecule has 0 aliphatic carbocycles. The molecule has 0 unspecified atom stereocenters. The van der Waals surface area contributed by atoms with Crippen LogP contribution in [-0.2, 0) is 92.3 Å². The van der Waals surface area contributed by atoms with Gasteiger partial charge in [0.15, 0.2) is 36.8 Å². The van der Waals surface area contributed by atoms with Crippen LogP contribution in [0, 0.1) is 0 Å². The van der Waals surface area contributed by atoms with Crippen molar-refractivity contribution < 1.29 is 85.7 Å². The maximum Gasteiger partial charge on any atom is 0.305 e. The molecule has 0 bridgehead atoms. The Hall–Kier alpha value is -4.65. The Morgan fingerprint density at radius 1 is 0.490 bits per heavy atom. The Morgan fingerprint density at radius 3 is 1.39 bits per heavy atom. The lowest BCUT2D eigenvalue weighted by Crippen LogP contribution is -2.67. The van der Waals surface area contributed by atoms with Crippen molar-refractivity contribution in [1.29, 1.82) is 0 Å². The van der Waals surface area contributed by atoms with E-state index in [1.165, 1.54) is 0 Å². The molecule has 10 atom stereocenters. The summed E-state index contributed by atoms with van der Waals surface area (Å²) in [5.74, 6) is -5.71. The number of ether oxygens (including phenoxy) is 11. The van der Waals surface area contributed by atoms with E-state index in [0.717, 1.165) is 48.5 Å². The van der Waals surface area contributed by atoms with Gasteiger partial charge < -0.3 is 52.1 Å². The third-order valence-corrected chi connectivity index (χ3v) is 7.15. The van der Waals surface area contributed by atoms with Crippen LogP contribution in [0.1, 0.15) is 54.0 Å². The largest absolute Gasteiger partial charge is 0.463 e. The molecule has 0 N–H and O–H groups in total. The van der Waals surface area contributed by atoms with Gasteiger partial charge in [-0.1, -0.05) is 30.3 Å². The van der Waals surface area contributed by atoms with E-state index in [1.807, 2.05) is 0 Å². The second-order valence-electron chi connectivity index (χ2n) is 11.5. The fourth-order valence-corrected chi connectivity index (χ4v) is 5.36. The topological polar surface area (TPSA) is 221 Å². The summed E-state index contributed by atoms with van der Waals surface area (Å²) in [6.07, 6.45) is -15.3. The maximum absolute atomic E-state index is 12.5. The fraction of sp³-hybridized carbons (Fsp3) is 0.606. The highest BCUT2D eigenvalue weighted by molar-refractivity contribution is 5.69. The van der Waals surface area contributed by atoms with Crippen LogP contribution in [0.4, 0.5) is 0 Å². The number of carbonyl (C=O) groups excluding carboxylic acids is 7. The number of benzene rings is 1. The van der Waals surface area contributed by atoms with Crippen molar-refractivity contribution in [2.45, 2.75) is 116 Å². The molecule has 2 aliphatic heterocycles. The SMILES string of the molecule is CC(=O)OC[C@@H]1O[C@H](OC(C)=O)[C@@H](O[C@H]2O[C@H](COC(C)=O)[C@@H](OC(C)=O)[C@H](OCc3ccccc3)[C@@H]2OC(C)=O)[C@@H](OC(C)=O)[C@@H]1OC(C)=O. The fourth-order valence-electron chi connectivity index (χ4n) is 5.36. The minimum atomic E-state index is -1.75. The first-order chi connectivity index (χ1) is 24.0. The van der Waals surface area contributed by atoms with Gasteiger partial charge in [-0.2, -0.15) is 0 Å². The van der Waals surface area contributed by atoms with E-state index >= 15 is 0 Å². The van der Waals surface area contributed by atoms with Gasteiger partial charge in [0, 0.05) is 48.5 Å².